The maximum atomic E-state index is 10.00. The highest BCUT2D eigenvalue weighted by Gasteiger charge is 1.99. The van der Waals surface area contributed by atoms with Crippen LogP contribution in [0.1, 0.15) is 13.3 Å². The summed E-state index contributed by atoms with van der Waals surface area (Å²) in [5, 5.41) is 0. The van der Waals surface area contributed by atoms with Crippen LogP contribution in [0, 0.1) is 0 Å². The lowest BCUT2D eigenvalue weighted by molar-refractivity contribution is 0.608. The van der Waals surface area contributed by atoms with E-state index in [2.05, 4.69) is 21.4 Å². The van der Waals surface area contributed by atoms with E-state index in [-0.39, 0.29) is 5.75 Å². The summed E-state index contributed by atoms with van der Waals surface area (Å²) in [5.41, 5.74) is 0. The van der Waals surface area contributed by atoms with E-state index < -0.39 is 17.3 Å². The minimum atomic E-state index is -3.72. The van der Waals surface area contributed by atoms with Crippen molar-refractivity contribution in [2.45, 2.75) is 13.3 Å². The Morgan fingerprint density at radius 2 is 1.25 bits per heavy atom. The molecule has 9 heteroatoms. The normalized spacial score (nSPS) is 11.7. The predicted molar refractivity (Wildman–Crippen MR) is 50.6 cm³/mol. The molecule has 0 rings (SSSR count). The molecule has 0 spiro atoms. The van der Waals surface area contributed by atoms with Crippen molar-refractivity contribution in [1.82, 2.24) is 0 Å². The van der Waals surface area contributed by atoms with Crippen LogP contribution >= 0.6 is 32.0 Å². The number of hydrogen-bond acceptors (Lipinski definition) is 4. The second kappa shape index (κ2) is 6.26. The second-order valence-corrected chi connectivity index (χ2v) is 8.19. The van der Waals surface area contributed by atoms with Crippen molar-refractivity contribution in [2.75, 3.05) is 5.75 Å². The monoisotopic (exact) mass is 276 g/mol. The van der Waals surface area contributed by atoms with Crippen molar-refractivity contribution in [2.24, 2.45) is 0 Å². The van der Waals surface area contributed by atoms with Gasteiger partial charge in [-0.2, -0.15) is 8.42 Å². The molecular weight excluding hydrogens is 271 g/mol. The van der Waals surface area contributed by atoms with Crippen LogP contribution < -0.4 is 0 Å². The Morgan fingerprint density at radius 1 is 1.00 bits per heavy atom. The third-order valence-electron chi connectivity index (χ3n) is 0.448. The molecule has 4 nitrogen and oxygen atoms in total. The van der Waals surface area contributed by atoms with Gasteiger partial charge in [0.05, 0.1) is 5.75 Å². The molecule has 12 heavy (non-hydrogen) atoms. The SMILES string of the molecule is CCCS(=O)(=O)Cl.O=S(=O)(Cl)Cl. The Bertz CT molecular complexity index is 284. The van der Waals surface area contributed by atoms with Crippen LogP contribution in [0.2, 0.25) is 0 Å². The highest BCUT2D eigenvalue weighted by Crippen LogP contribution is 1.98. The van der Waals surface area contributed by atoms with E-state index in [0.717, 1.165) is 0 Å². The molecule has 0 aromatic rings. The van der Waals surface area contributed by atoms with Gasteiger partial charge in [-0.25, -0.2) is 8.42 Å². The van der Waals surface area contributed by atoms with Gasteiger partial charge in [-0.1, -0.05) is 6.92 Å². The third kappa shape index (κ3) is 45.2. The smallest absolute Gasteiger partial charge is 0.212 e. The van der Waals surface area contributed by atoms with Crippen molar-refractivity contribution < 1.29 is 16.8 Å². The largest absolute Gasteiger partial charge is 0.317 e. The van der Waals surface area contributed by atoms with Crippen molar-refractivity contribution in [3.8, 4) is 0 Å². The first-order chi connectivity index (χ1) is 5.06. The van der Waals surface area contributed by atoms with Crippen LogP contribution in [0.4, 0.5) is 0 Å². The van der Waals surface area contributed by atoms with E-state index in [9.17, 15) is 8.42 Å². The summed E-state index contributed by atoms with van der Waals surface area (Å²) in [6.07, 6.45) is 0.589. The molecule has 0 fully saturated rings. The topological polar surface area (TPSA) is 68.3 Å². The molecule has 0 radical (unpaired) electrons. The first-order valence-electron chi connectivity index (χ1n) is 2.63. The molecule has 0 aromatic carbocycles. The van der Waals surface area contributed by atoms with Crippen molar-refractivity contribution in [3.05, 3.63) is 0 Å². The lowest BCUT2D eigenvalue weighted by Gasteiger charge is -1.84. The Balaban J connectivity index is 0. The van der Waals surface area contributed by atoms with E-state index in [4.69, 9.17) is 19.1 Å². The Kier molecular flexibility index (Phi) is 7.95. The maximum Gasteiger partial charge on any atom is 0.317 e. The van der Waals surface area contributed by atoms with Crippen molar-refractivity contribution in [3.63, 3.8) is 0 Å². The highest BCUT2D eigenvalue weighted by molar-refractivity contribution is 8.31. The Morgan fingerprint density at radius 3 is 1.25 bits per heavy atom. The molecule has 0 N–H and O–H groups in total. The summed E-state index contributed by atoms with van der Waals surface area (Å²) in [5.74, 6) is 0.0779. The van der Waals surface area contributed by atoms with Crippen molar-refractivity contribution in [1.29, 1.82) is 0 Å². The second-order valence-electron chi connectivity index (χ2n) is 1.62. The van der Waals surface area contributed by atoms with Crippen LogP contribution in [-0.4, -0.2) is 22.6 Å². The standard InChI is InChI=1S/C3H7ClO2S.Cl2O2S/c1-2-3-7(4,5)6;1-5(2,3)4/h2-3H2,1H3;. The molecule has 76 valence electrons. The fourth-order valence-electron chi connectivity index (χ4n) is 0.244. The van der Waals surface area contributed by atoms with E-state index in [0.29, 0.717) is 6.42 Å². The molecule has 0 amide bonds. The lowest BCUT2D eigenvalue weighted by Crippen LogP contribution is -1.93. The zero-order chi connectivity index (χ0) is 10.4. The molecule has 0 aliphatic heterocycles. The summed E-state index contributed by atoms with van der Waals surface area (Å²) in [6, 6.07) is 0. The fourth-order valence-corrected chi connectivity index (χ4v) is 1.19. The number of halogens is 3. The molecule has 0 saturated carbocycles. The molecule has 0 atom stereocenters. The maximum absolute atomic E-state index is 10.00. The van der Waals surface area contributed by atoms with Gasteiger partial charge in [0.1, 0.15) is 0 Å². The molecule has 0 aliphatic rings. The average Bonchev–Trinajstić information content (AvgIpc) is 1.54. The van der Waals surface area contributed by atoms with Gasteiger partial charge >= 0.3 is 8.26 Å². The van der Waals surface area contributed by atoms with Crippen LogP contribution in [0.3, 0.4) is 0 Å². The van der Waals surface area contributed by atoms with Gasteiger partial charge in [0, 0.05) is 32.0 Å². The minimum Gasteiger partial charge on any atom is -0.212 e. The van der Waals surface area contributed by atoms with Crippen LogP contribution in [0.5, 0.6) is 0 Å². The molecule has 0 heterocycles. The van der Waals surface area contributed by atoms with Gasteiger partial charge in [0.25, 0.3) is 0 Å². The average molecular weight is 278 g/mol. The third-order valence-corrected chi connectivity index (χ3v) is 1.81. The molecule has 0 unspecified atom stereocenters. The molecule has 0 bridgehead atoms. The Hall–Kier alpha value is 0.770. The van der Waals surface area contributed by atoms with Gasteiger partial charge in [-0.3, -0.25) is 0 Å². The summed E-state index contributed by atoms with van der Waals surface area (Å²) in [6.45, 7) is 1.76. The predicted octanol–water partition coefficient (Wildman–Crippen LogP) is 1.67. The van der Waals surface area contributed by atoms with Gasteiger partial charge in [-0.05, 0) is 6.42 Å². The molecule has 0 aromatic heterocycles. The van der Waals surface area contributed by atoms with Crippen molar-refractivity contribution >= 4 is 49.4 Å². The highest BCUT2D eigenvalue weighted by atomic mass is 36.0. The van der Waals surface area contributed by atoms with E-state index in [1.54, 1.807) is 6.92 Å². The molecule has 0 saturated heterocycles. The van der Waals surface area contributed by atoms with E-state index >= 15 is 0 Å². The van der Waals surface area contributed by atoms with E-state index in [1.807, 2.05) is 0 Å². The first kappa shape index (κ1) is 15.3. The summed E-state index contributed by atoms with van der Waals surface area (Å²) in [7, 11) is 6.42. The van der Waals surface area contributed by atoms with E-state index in [1.165, 1.54) is 0 Å². The summed E-state index contributed by atoms with van der Waals surface area (Å²) < 4.78 is 38.3. The van der Waals surface area contributed by atoms with Gasteiger partial charge < -0.3 is 0 Å². The summed E-state index contributed by atoms with van der Waals surface area (Å²) >= 11 is 0. The minimum absolute atomic E-state index is 0.0779. The number of rotatable bonds is 2. The zero-order valence-corrected chi connectivity index (χ0v) is 9.90. The molecule has 0 aliphatic carbocycles. The van der Waals surface area contributed by atoms with Crippen LogP contribution in [0.25, 0.3) is 0 Å². The Labute approximate surface area is 85.1 Å². The quantitative estimate of drug-likeness (QED) is 0.720. The van der Waals surface area contributed by atoms with Gasteiger partial charge in [0.2, 0.25) is 9.05 Å². The van der Waals surface area contributed by atoms with Gasteiger partial charge in [0.15, 0.2) is 0 Å². The van der Waals surface area contributed by atoms with Crippen LogP contribution in [0.15, 0.2) is 0 Å². The fraction of sp³-hybridized carbons (Fsp3) is 1.00. The number of hydrogen-bond donors (Lipinski definition) is 0. The van der Waals surface area contributed by atoms with Gasteiger partial charge in [-0.15, -0.1) is 0 Å². The first-order valence-corrected chi connectivity index (χ1v) is 8.24. The lowest BCUT2D eigenvalue weighted by atomic mass is 10.6. The van der Waals surface area contributed by atoms with Crippen LogP contribution in [-0.2, 0) is 17.3 Å². The summed E-state index contributed by atoms with van der Waals surface area (Å²) in [4.78, 5) is 0. The molecular formula is C3H7Cl3O4S2. The zero-order valence-electron chi connectivity index (χ0n) is 6.00.